The molecule has 3 atom stereocenters. The minimum atomic E-state index is -1.23. The van der Waals surface area contributed by atoms with Crippen molar-refractivity contribution in [1.82, 2.24) is 10.6 Å². The van der Waals surface area contributed by atoms with Gasteiger partial charge in [-0.15, -0.1) is 0 Å². The summed E-state index contributed by atoms with van der Waals surface area (Å²) in [5, 5.41) is 5.43. The monoisotopic (exact) mass is 472 g/mol. The number of amides is 2. The van der Waals surface area contributed by atoms with Crippen LogP contribution in [0.1, 0.15) is 40.0 Å². The quantitative estimate of drug-likeness (QED) is 0.316. The Hall–Kier alpha value is -1.36. The maximum Gasteiger partial charge on any atom is 0.266 e. The molecule has 10 heteroatoms. The number of nitrogens with two attached hydrogens (primary N) is 1. The molecule has 1 aliphatic heterocycles. The molecule has 0 bridgehead atoms. The lowest BCUT2D eigenvalue weighted by atomic mass is 9.88. The molecule has 0 aromatic rings. The highest BCUT2D eigenvalue weighted by atomic mass is 33.1. The van der Waals surface area contributed by atoms with Gasteiger partial charge < -0.3 is 25.9 Å². The number of allylic oxidation sites excluding steroid dienone is 1. The lowest BCUT2D eigenvalue weighted by Gasteiger charge is -2.34. The maximum absolute atomic E-state index is 12.9. The fourth-order valence-electron chi connectivity index (χ4n) is 2.73. The van der Waals surface area contributed by atoms with Crippen LogP contribution in [0.25, 0.3) is 0 Å². The summed E-state index contributed by atoms with van der Waals surface area (Å²) in [6.45, 7) is 5.84. The first-order valence-electron chi connectivity index (χ1n) is 10.6. The lowest BCUT2D eigenvalue weighted by Crippen LogP contribution is -2.59. The summed E-state index contributed by atoms with van der Waals surface area (Å²) in [5.74, 6) is 0.833. The van der Waals surface area contributed by atoms with Gasteiger partial charge in [-0.3, -0.25) is 14.6 Å². The standard InChI is InChI=1S/C21H36N4O4S2/c1-5-18-20(28)25-21(13-26,15(2)3)14-29-17(10-19(27)23-4)8-6-7-9-30-31-12-16(22)11-24-18/h6,8,13,15-17H,5,7,9-12,14,22H2,1-4H3,(H,23,27)(H,25,28). The van der Waals surface area contributed by atoms with Gasteiger partial charge in [-0.05, 0) is 18.8 Å². The second-order valence-corrected chi connectivity index (χ2v) is 10.3. The zero-order valence-corrected chi connectivity index (χ0v) is 20.5. The Morgan fingerprint density at radius 3 is 2.84 bits per heavy atom. The van der Waals surface area contributed by atoms with Crippen LogP contribution in [0.3, 0.4) is 0 Å². The third-order valence-electron chi connectivity index (χ3n) is 4.99. The Labute approximate surface area is 193 Å². The van der Waals surface area contributed by atoms with E-state index < -0.39 is 17.6 Å². The number of carbonyl (C=O) groups is 3. The van der Waals surface area contributed by atoms with Gasteiger partial charge >= 0.3 is 0 Å². The SMILES string of the molecule is CCC1=NCC(N)CSSCCC=CC(CC(=O)NC)OCC(C=O)(C(C)C)NC1=O. The molecule has 176 valence electrons. The summed E-state index contributed by atoms with van der Waals surface area (Å²) in [6.07, 6.45) is 5.42. The van der Waals surface area contributed by atoms with E-state index in [0.717, 1.165) is 24.2 Å². The molecule has 0 radical (unpaired) electrons. The van der Waals surface area contributed by atoms with E-state index in [0.29, 0.717) is 18.7 Å². The number of carbonyl (C=O) groups excluding carboxylic acids is 3. The van der Waals surface area contributed by atoms with E-state index in [2.05, 4.69) is 15.6 Å². The summed E-state index contributed by atoms with van der Waals surface area (Å²) in [4.78, 5) is 41.3. The highest BCUT2D eigenvalue weighted by Crippen LogP contribution is 2.23. The van der Waals surface area contributed by atoms with E-state index in [1.807, 2.05) is 32.9 Å². The van der Waals surface area contributed by atoms with Gasteiger partial charge in [-0.25, -0.2) is 0 Å². The highest BCUT2D eigenvalue weighted by molar-refractivity contribution is 8.76. The Morgan fingerprint density at radius 2 is 2.23 bits per heavy atom. The lowest BCUT2D eigenvalue weighted by molar-refractivity contribution is -0.129. The van der Waals surface area contributed by atoms with Crippen molar-refractivity contribution in [2.75, 3.05) is 31.7 Å². The third-order valence-corrected chi connectivity index (χ3v) is 7.53. The molecule has 1 heterocycles. The summed E-state index contributed by atoms with van der Waals surface area (Å²) < 4.78 is 5.98. The van der Waals surface area contributed by atoms with Gasteiger partial charge in [0.2, 0.25) is 5.91 Å². The molecule has 1 rings (SSSR count). The van der Waals surface area contributed by atoms with Crippen molar-refractivity contribution in [2.45, 2.75) is 57.7 Å². The fourth-order valence-corrected chi connectivity index (χ4v) is 4.91. The van der Waals surface area contributed by atoms with Crippen molar-refractivity contribution in [3.8, 4) is 0 Å². The molecule has 31 heavy (non-hydrogen) atoms. The van der Waals surface area contributed by atoms with Gasteiger partial charge in [0.15, 0.2) is 0 Å². The second kappa shape index (κ2) is 14.7. The molecular weight excluding hydrogens is 436 g/mol. The average molecular weight is 473 g/mol. The molecule has 0 fully saturated rings. The van der Waals surface area contributed by atoms with Crippen molar-refractivity contribution in [3.05, 3.63) is 12.2 Å². The Balaban J connectivity index is 3.16. The summed E-state index contributed by atoms with van der Waals surface area (Å²) in [7, 11) is 4.97. The first kappa shape index (κ1) is 27.7. The minimum absolute atomic E-state index is 0.0486. The molecule has 0 saturated heterocycles. The van der Waals surface area contributed by atoms with Crippen molar-refractivity contribution in [3.63, 3.8) is 0 Å². The van der Waals surface area contributed by atoms with Crippen LogP contribution in [0.15, 0.2) is 17.1 Å². The summed E-state index contributed by atoms with van der Waals surface area (Å²) in [5.41, 5.74) is 5.25. The molecular formula is C21H36N4O4S2. The van der Waals surface area contributed by atoms with Crippen LogP contribution >= 0.6 is 21.6 Å². The smallest absolute Gasteiger partial charge is 0.266 e. The van der Waals surface area contributed by atoms with E-state index in [4.69, 9.17) is 10.5 Å². The van der Waals surface area contributed by atoms with E-state index in [1.165, 1.54) is 0 Å². The van der Waals surface area contributed by atoms with Gasteiger partial charge in [-0.2, -0.15) is 0 Å². The largest absolute Gasteiger partial charge is 0.371 e. The molecule has 0 aromatic carbocycles. The summed E-state index contributed by atoms with van der Waals surface area (Å²) >= 11 is 0. The molecule has 1 aliphatic rings. The molecule has 0 saturated carbocycles. The molecule has 8 nitrogen and oxygen atoms in total. The number of hydrogen-bond donors (Lipinski definition) is 3. The van der Waals surface area contributed by atoms with Crippen LogP contribution in [0, 0.1) is 5.92 Å². The van der Waals surface area contributed by atoms with Crippen molar-refractivity contribution >= 4 is 45.4 Å². The predicted octanol–water partition coefficient (Wildman–Crippen LogP) is 1.74. The second-order valence-electron chi connectivity index (χ2n) is 7.72. The fraction of sp³-hybridized carbons (Fsp3) is 0.714. The highest BCUT2D eigenvalue weighted by Gasteiger charge is 2.37. The zero-order valence-electron chi connectivity index (χ0n) is 18.9. The first-order valence-corrected chi connectivity index (χ1v) is 13.1. The molecule has 0 aliphatic carbocycles. The average Bonchev–Trinajstić information content (AvgIpc) is 2.74. The molecule has 4 N–H and O–H groups in total. The minimum Gasteiger partial charge on any atom is -0.371 e. The maximum atomic E-state index is 12.9. The predicted molar refractivity (Wildman–Crippen MR) is 129 cm³/mol. The Morgan fingerprint density at radius 1 is 1.48 bits per heavy atom. The van der Waals surface area contributed by atoms with E-state index in [9.17, 15) is 14.4 Å². The molecule has 2 amide bonds. The van der Waals surface area contributed by atoms with Crippen molar-refractivity contribution < 1.29 is 19.1 Å². The van der Waals surface area contributed by atoms with Crippen LogP contribution in [-0.2, 0) is 19.1 Å². The molecule has 0 aromatic heterocycles. The van der Waals surface area contributed by atoms with E-state index in [1.54, 1.807) is 28.6 Å². The van der Waals surface area contributed by atoms with Crippen LogP contribution < -0.4 is 16.4 Å². The number of ether oxygens (including phenoxy) is 1. The Bertz CT molecular complexity index is 657. The number of nitrogens with one attached hydrogen (secondary N) is 2. The van der Waals surface area contributed by atoms with Gasteiger partial charge in [0, 0.05) is 24.6 Å². The van der Waals surface area contributed by atoms with Gasteiger partial charge in [0.1, 0.15) is 11.8 Å². The van der Waals surface area contributed by atoms with E-state index >= 15 is 0 Å². The molecule has 0 spiro atoms. The number of rotatable bonds is 5. The molecule has 3 unspecified atom stereocenters. The summed E-state index contributed by atoms with van der Waals surface area (Å²) in [6, 6.07) is -0.153. The van der Waals surface area contributed by atoms with Crippen LogP contribution in [0.2, 0.25) is 0 Å². The topological polar surface area (TPSA) is 123 Å². The third kappa shape index (κ3) is 9.76. The Kier molecular flexibility index (Phi) is 13.1. The van der Waals surface area contributed by atoms with Gasteiger partial charge in [-0.1, -0.05) is 54.5 Å². The zero-order chi connectivity index (χ0) is 23.3. The number of hydrogen-bond acceptors (Lipinski definition) is 8. The van der Waals surface area contributed by atoms with Gasteiger partial charge in [0.25, 0.3) is 5.91 Å². The number of aliphatic imine (C=N–C) groups is 1. The van der Waals surface area contributed by atoms with Crippen LogP contribution in [0.4, 0.5) is 0 Å². The normalized spacial score (nSPS) is 27.2. The number of nitrogens with zero attached hydrogens (tertiary/aromatic N) is 1. The number of aldehydes is 1. The van der Waals surface area contributed by atoms with Crippen LogP contribution in [-0.4, -0.2) is 73.2 Å². The van der Waals surface area contributed by atoms with E-state index in [-0.39, 0.29) is 30.9 Å². The van der Waals surface area contributed by atoms with Crippen molar-refractivity contribution in [1.29, 1.82) is 0 Å². The van der Waals surface area contributed by atoms with Crippen molar-refractivity contribution in [2.24, 2.45) is 16.6 Å². The van der Waals surface area contributed by atoms with Gasteiger partial charge in [0.05, 0.1) is 31.4 Å². The van der Waals surface area contributed by atoms with Crippen LogP contribution in [0.5, 0.6) is 0 Å². The first-order chi connectivity index (χ1) is 14.8.